The van der Waals surface area contributed by atoms with E-state index in [4.69, 9.17) is 10.2 Å². The number of hydrogen-bond acceptors (Lipinski definition) is 3. The molecule has 1 aromatic carbocycles. The Hall–Kier alpha value is -2.10. The summed E-state index contributed by atoms with van der Waals surface area (Å²) in [6, 6.07) is 5.75. The minimum atomic E-state index is -0.571. The lowest BCUT2D eigenvalue weighted by atomic mass is 10.0. The Kier molecular flexibility index (Phi) is 2.72. The van der Waals surface area contributed by atoms with E-state index in [1.165, 1.54) is 24.7 Å². The number of halogens is 1. The molecule has 0 bridgehead atoms. The van der Waals surface area contributed by atoms with E-state index in [9.17, 15) is 9.18 Å². The number of Topliss-reactive ketones (excluding diaryl/α,β-unsaturated/α-hetero) is 1. The van der Waals surface area contributed by atoms with Crippen LogP contribution in [-0.2, 0) is 6.42 Å². The van der Waals surface area contributed by atoms with Gasteiger partial charge in [-0.25, -0.2) is 4.39 Å². The maximum Gasteiger partial charge on any atom is 0.167 e. The highest BCUT2D eigenvalue weighted by molar-refractivity contribution is 5.97. The SMILES string of the molecule is Nc1ccc(C(=O)Cc2ccoc2)cc1F. The smallest absolute Gasteiger partial charge is 0.167 e. The van der Waals surface area contributed by atoms with Gasteiger partial charge in [-0.2, -0.15) is 0 Å². The number of benzene rings is 1. The molecule has 1 aromatic heterocycles. The number of furan rings is 1. The Morgan fingerprint density at radius 2 is 2.19 bits per heavy atom. The van der Waals surface area contributed by atoms with E-state index in [2.05, 4.69) is 0 Å². The number of ketones is 1. The minimum Gasteiger partial charge on any atom is -0.472 e. The van der Waals surface area contributed by atoms with Gasteiger partial charge in [-0.05, 0) is 29.8 Å². The highest BCUT2D eigenvalue weighted by atomic mass is 19.1. The van der Waals surface area contributed by atoms with Crippen LogP contribution in [0.15, 0.2) is 41.2 Å². The van der Waals surface area contributed by atoms with Gasteiger partial charge in [0.05, 0.1) is 18.2 Å². The third kappa shape index (κ3) is 2.11. The summed E-state index contributed by atoms with van der Waals surface area (Å²) in [5.74, 6) is -0.738. The number of nitrogens with two attached hydrogens (primary N) is 1. The van der Waals surface area contributed by atoms with Crippen LogP contribution >= 0.6 is 0 Å². The van der Waals surface area contributed by atoms with Gasteiger partial charge in [-0.1, -0.05) is 0 Å². The molecule has 0 aliphatic rings. The number of carbonyl (C=O) groups is 1. The third-order valence-corrected chi connectivity index (χ3v) is 2.27. The average Bonchev–Trinajstić information content (AvgIpc) is 2.74. The van der Waals surface area contributed by atoms with Crippen molar-refractivity contribution in [3.05, 3.63) is 53.7 Å². The summed E-state index contributed by atoms with van der Waals surface area (Å²) in [7, 11) is 0. The van der Waals surface area contributed by atoms with Crippen molar-refractivity contribution in [3.8, 4) is 0 Å². The summed E-state index contributed by atoms with van der Waals surface area (Å²) in [4.78, 5) is 11.7. The van der Waals surface area contributed by atoms with Crippen LogP contribution < -0.4 is 5.73 Å². The van der Waals surface area contributed by atoms with Crippen molar-refractivity contribution in [3.63, 3.8) is 0 Å². The number of rotatable bonds is 3. The van der Waals surface area contributed by atoms with E-state index in [0.29, 0.717) is 5.56 Å². The van der Waals surface area contributed by atoms with Gasteiger partial charge in [-0.15, -0.1) is 0 Å². The predicted octanol–water partition coefficient (Wildman–Crippen LogP) is 2.43. The monoisotopic (exact) mass is 219 g/mol. The first-order valence-corrected chi connectivity index (χ1v) is 4.76. The van der Waals surface area contributed by atoms with Crippen molar-refractivity contribution < 1.29 is 13.6 Å². The van der Waals surface area contributed by atoms with Crippen molar-refractivity contribution in [1.29, 1.82) is 0 Å². The quantitative estimate of drug-likeness (QED) is 0.637. The molecule has 1 heterocycles. The molecule has 0 fully saturated rings. The number of nitrogen functional groups attached to an aromatic ring is 1. The zero-order valence-electron chi connectivity index (χ0n) is 8.44. The van der Waals surface area contributed by atoms with Gasteiger partial charge in [0.1, 0.15) is 5.82 Å². The molecular formula is C12H10FNO2. The first-order chi connectivity index (χ1) is 7.66. The highest BCUT2D eigenvalue weighted by Gasteiger charge is 2.09. The van der Waals surface area contributed by atoms with Crippen LogP contribution in [0, 0.1) is 5.82 Å². The normalized spacial score (nSPS) is 10.3. The molecule has 0 amide bonds. The molecule has 0 unspecified atom stereocenters. The fourth-order valence-corrected chi connectivity index (χ4v) is 1.38. The van der Waals surface area contributed by atoms with Gasteiger partial charge in [0.15, 0.2) is 5.78 Å². The topological polar surface area (TPSA) is 56.2 Å². The third-order valence-electron chi connectivity index (χ3n) is 2.27. The molecule has 3 nitrogen and oxygen atoms in total. The van der Waals surface area contributed by atoms with E-state index >= 15 is 0 Å². The van der Waals surface area contributed by atoms with Crippen molar-refractivity contribution >= 4 is 11.5 Å². The molecular weight excluding hydrogens is 209 g/mol. The maximum atomic E-state index is 13.1. The summed E-state index contributed by atoms with van der Waals surface area (Å²) in [6.07, 6.45) is 3.18. The molecule has 2 aromatic rings. The summed E-state index contributed by atoms with van der Waals surface area (Å²) in [5.41, 5.74) is 6.44. The second-order valence-electron chi connectivity index (χ2n) is 3.47. The molecule has 4 heteroatoms. The average molecular weight is 219 g/mol. The van der Waals surface area contributed by atoms with Crippen molar-refractivity contribution in [1.82, 2.24) is 0 Å². The highest BCUT2D eigenvalue weighted by Crippen LogP contribution is 2.14. The van der Waals surface area contributed by atoms with Gasteiger partial charge in [0, 0.05) is 12.0 Å². The molecule has 0 radical (unpaired) electrons. The summed E-state index contributed by atoms with van der Waals surface area (Å²) in [6.45, 7) is 0. The number of hydrogen-bond donors (Lipinski definition) is 1. The zero-order valence-corrected chi connectivity index (χ0v) is 8.44. The van der Waals surface area contributed by atoms with E-state index < -0.39 is 5.82 Å². The predicted molar refractivity (Wildman–Crippen MR) is 57.6 cm³/mol. The van der Waals surface area contributed by atoms with Crippen LogP contribution in [0.2, 0.25) is 0 Å². The summed E-state index contributed by atoms with van der Waals surface area (Å²) in [5, 5.41) is 0. The summed E-state index contributed by atoms with van der Waals surface area (Å²) < 4.78 is 18.0. The van der Waals surface area contributed by atoms with E-state index in [1.807, 2.05) is 0 Å². The number of carbonyl (C=O) groups excluding carboxylic acids is 1. The molecule has 0 aliphatic carbocycles. The Balaban J connectivity index is 2.18. The lowest BCUT2D eigenvalue weighted by Gasteiger charge is -2.01. The van der Waals surface area contributed by atoms with Crippen LogP contribution in [0.1, 0.15) is 15.9 Å². The Morgan fingerprint density at radius 3 is 2.81 bits per heavy atom. The van der Waals surface area contributed by atoms with E-state index in [-0.39, 0.29) is 17.9 Å². The second kappa shape index (κ2) is 4.18. The molecule has 82 valence electrons. The first-order valence-electron chi connectivity index (χ1n) is 4.76. The molecule has 0 saturated heterocycles. The van der Waals surface area contributed by atoms with Crippen molar-refractivity contribution in [2.45, 2.75) is 6.42 Å². The molecule has 2 rings (SSSR count). The molecule has 2 N–H and O–H groups in total. The van der Waals surface area contributed by atoms with Gasteiger partial charge in [-0.3, -0.25) is 4.79 Å². The van der Waals surface area contributed by atoms with E-state index in [1.54, 1.807) is 6.07 Å². The van der Waals surface area contributed by atoms with Gasteiger partial charge < -0.3 is 10.2 Å². The van der Waals surface area contributed by atoms with Crippen molar-refractivity contribution in [2.75, 3.05) is 5.73 Å². The van der Waals surface area contributed by atoms with Crippen LogP contribution in [0.4, 0.5) is 10.1 Å². The van der Waals surface area contributed by atoms with Crippen LogP contribution in [0.25, 0.3) is 0 Å². The molecule has 0 saturated carbocycles. The van der Waals surface area contributed by atoms with Gasteiger partial charge >= 0.3 is 0 Å². The van der Waals surface area contributed by atoms with Gasteiger partial charge in [0.25, 0.3) is 0 Å². The second-order valence-corrected chi connectivity index (χ2v) is 3.47. The zero-order chi connectivity index (χ0) is 11.5. The molecule has 0 spiro atoms. The van der Waals surface area contributed by atoms with Crippen LogP contribution in [-0.4, -0.2) is 5.78 Å². The minimum absolute atomic E-state index is 0.0415. The standard InChI is InChI=1S/C12H10FNO2/c13-10-6-9(1-2-11(10)14)12(15)5-8-3-4-16-7-8/h1-4,6-7H,5,14H2. The lowest BCUT2D eigenvalue weighted by molar-refractivity contribution is 0.0992. The van der Waals surface area contributed by atoms with Gasteiger partial charge in [0.2, 0.25) is 0 Å². The Morgan fingerprint density at radius 1 is 1.38 bits per heavy atom. The fourth-order valence-electron chi connectivity index (χ4n) is 1.38. The Bertz CT molecular complexity index is 506. The van der Waals surface area contributed by atoms with Crippen molar-refractivity contribution in [2.24, 2.45) is 0 Å². The number of anilines is 1. The maximum absolute atomic E-state index is 13.1. The first kappa shape index (κ1) is 10.4. The lowest BCUT2D eigenvalue weighted by Crippen LogP contribution is -2.04. The largest absolute Gasteiger partial charge is 0.472 e. The van der Waals surface area contributed by atoms with Crippen LogP contribution in [0.5, 0.6) is 0 Å². The van der Waals surface area contributed by atoms with Crippen LogP contribution in [0.3, 0.4) is 0 Å². The molecule has 0 aliphatic heterocycles. The summed E-state index contributed by atoms with van der Waals surface area (Å²) >= 11 is 0. The molecule has 16 heavy (non-hydrogen) atoms. The Labute approximate surface area is 91.7 Å². The molecule has 0 atom stereocenters. The van der Waals surface area contributed by atoms with E-state index in [0.717, 1.165) is 11.6 Å². The fraction of sp³-hybridized carbons (Fsp3) is 0.0833.